The van der Waals surface area contributed by atoms with Gasteiger partial charge in [-0.3, -0.25) is 9.97 Å². The third-order valence-corrected chi connectivity index (χ3v) is 3.41. The summed E-state index contributed by atoms with van der Waals surface area (Å²) in [5.74, 6) is 0. The van der Waals surface area contributed by atoms with Crippen LogP contribution in [-0.2, 0) is 0 Å². The third kappa shape index (κ3) is 4.15. The smallest absolute Gasteiger partial charge is 0.112 e. The van der Waals surface area contributed by atoms with Crippen LogP contribution in [0.15, 0.2) is 29.0 Å². The molecule has 0 saturated carbocycles. The maximum absolute atomic E-state index is 6.17. The highest BCUT2D eigenvalue weighted by Gasteiger charge is 2.15. The SMILES string of the molecule is CC(C)(C)CC(N)CNc1ccnc2cc(Br)cnc12. The number of rotatable bonds is 4. The van der Waals surface area contributed by atoms with Crippen molar-refractivity contribution < 1.29 is 0 Å². The quantitative estimate of drug-likeness (QED) is 0.895. The van der Waals surface area contributed by atoms with Crippen LogP contribution in [0.3, 0.4) is 0 Å². The molecule has 20 heavy (non-hydrogen) atoms. The van der Waals surface area contributed by atoms with E-state index in [1.807, 2.05) is 12.1 Å². The molecular formula is C15H21BrN4. The first-order valence-corrected chi connectivity index (χ1v) is 7.54. The van der Waals surface area contributed by atoms with Crippen LogP contribution in [-0.4, -0.2) is 22.6 Å². The Kier molecular flexibility index (Phi) is 4.60. The number of hydrogen-bond donors (Lipinski definition) is 2. The van der Waals surface area contributed by atoms with E-state index in [0.717, 1.165) is 34.2 Å². The lowest BCUT2D eigenvalue weighted by atomic mass is 9.88. The monoisotopic (exact) mass is 336 g/mol. The summed E-state index contributed by atoms with van der Waals surface area (Å²) in [7, 11) is 0. The standard InChI is InChI=1S/C15H21BrN4/c1-15(2,3)7-11(17)9-19-12-4-5-18-13-6-10(16)8-20-14(12)13/h4-6,8,11H,7,9,17H2,1-3H3,(H,18,19). The van der Waals surface area contributed by atoms with E-state index >= 15 is 0 Å². The maximum atomic E-state index is 6.17. The minimum atomic E-state index is 0.119. The Morgan fingerprint density at radius 1 is 1.35 bits per heavy atom. The Labute approximate surface area is 128 Å². The zero-order valence-corrected chi connectivity index (χ0v) is 13.7. The molecule has 1 atom stereocenters. The van der Waals surface area contributed by atoms with Crippen LogP contribution in [0, 0.1) is 5.41 Å². The van der Waals surface area contributed by atoms with Crippen LogP contribution in [0.25, 0.3) is 11.0 Å². The molecule has 2 rings (SSSR count). The van der Waals surface area contributed by atoms with Gasteiger partial charge in [-0.15, -0.1) is 0 Å². The van der Waals surface area contributed by atoms with Crippen molar-refractivity contribution in [3.63, 3.8) is 0 Å². The van der Waals surface area contributed by atoms with E-state index in [4.69, 9.17) is 5.73 Å². The fourth-order valence-corrected chi connectivity index (χ4v) is 2.57. The number of aromatic nitrogens is 2. The van der Waals surface area contributed by atoms with Crippen LogP contribution in [0.1, 0.15) is 27.2 Å². The summed E-state index contributed by atoms with van der Waals surface area (Å²) in [6.07, 6.45) is 4.54. The lowest BCUT2D eigenvalue weighted by Crippen LogP contribution is -2.33. The van der Waals surface area contributed by atoms with Gasteiger partial charge in [0.25, 0.3) is 0 Å². The molecule has 108 valence electrons. The molecule has 2 heterocycles. The van der Waals surface area contributed by atoms with Crippen LogP contribution < -0.4 is 11.1 Å². The number of nitrogens with two attached hydrogens (primary N) is 1. The Balaban J connectivity index is 2.10. The highest BCUT2D eigenvalue weighted by Crippen LogP contribution is 2.23. The van der Waals surface area contributed by atoms with Gasteiger partial charge in [0.15, 0.2) is 0 Å². The van der Waals surface area contributed by atoms with Crippen molar-refractivity contribution in [1.82, 2.24) is 9.97 Å². The number of anilines is 1. The summed E-state index contributed by atoms with van der Waals surface area (Å²) in [5, 5.41) is 3.39. The summed E-state index contributed by atoms with van der Waals surface area (Å²) >= 11 is 3.41. The molecule has 0 aliphatic heterocycles. The van der Waals surface area contributed by atoms with Gasteiger partial charge in [0.1, 0.15) is 5.52 Å². The van der Waals surface area contributed by atoms with Gasteiger partial charge in [-0.05, 0) is 39.9 Å². The average molecular weight is 337 g/mol. The number of halogens is 1. The van der Waals surface area contributed by atoms with E-state index in [1.165, 1.54) is 0 Å². The number of pyridine rings is 2. The Bertz CT molecular complexity index is 592. The highest BCUT2D eigenvalue weighted by molar-refractivity contribution is 9.10. The molecule has 1 unspecified atom stereocenters. The number of fused-ring (bicyclic) bond motifs is 1. The molecule has 2 aromatic heterocycles. The van der Waals surface area contributed by atoms with Gasteiger partial charge < -0.3 is 11.1 Å². The molecular weight excluding hydrogens is 316 g/mol. The van der Waals surface area contributed by atoms with Gasteiger partial charge >= 0.3 is 0 Å². The molecule has 0 aromatic carbocycles. The van der Waals surface area contributed by atoms with E-state index < -0.39 is 0 Å². The minimum absolute atomic E-state index is 0.119. The van der Waals surface area contributed by atoms with Crippen LogP contribution in [0.5, 0.6) is 0 Å². The van der Waals surface area contributed by atoms with Crippen molar-refractivity contribution in [2.24, 2.45) is 11.1 Å². The molecule has 5 heteroatoms. The average Bonchev–Trinajstić information content (AvgIpc) is 2.33. The van der Waals surface area contributed by atoms with Gasteiger partial charge in [-0.1, -0.05) is 20.8 Å². The summed E-state index contributed by atoms with van der Waals surface area (Å²) in [5.41, 5.74) is 9.13. The second-order valence-electron chi connectivity index (χ2n) is 6.29. The van der Waals surface area contributed by atoms with Crippen LogP contribution >= 0.6 is 15.9 Å². The lowest BCUT2D eigenvalue weighted by molar-refractivity contribution is 0.345. The van der Waals surface area contributed by atoms with Crippen LogP contribution in [0.4, 0.5) is 5.69 Å². The van der Waals surface area contributed by atoms with Crippen LogP contribution in [0.2, 0.25) is 0 Å². The topological polar surface area (TPSA) is 63.8 Å². The molecule has 0 spiro atoms. The normalized spacial score (nSPS) is 13.4. The number of nitrogens with zero attached hydrogens (tertiary/aromatic N) is 2. The predicted octanol–water partition coefficient (Wildman–Crippen LogP) is 3.57. The summed E-state index contributed by atoms with van der Waals surface area (Å²) in [6, 6.07) is 4.02. The Morgan fingerprint density at radius 2 is 2.10 bits per heavy atom. The summed E-state index contributed by atoms with van der Waals surface area (Å²) in [6.45, 7) is 7.34. The number of hydrogen-bond acceptors (Lipinski definition) is 4. The summed E-state index contributed by atoms with van der Waals surface area (Å²) in [4.78, 5) is 8.75. The van der Waals surface area contributed by atoms with Crippen molar-refractivity contribution in [3.05, 3.63) is 29.0 Å². The van der Waals surface area contributed by atoms with E-state index in [2.05, 4.69) is 52.0 Å². The summed E-state index contributed by atoms with van der Waals surface area (Å²) < 4.78 is 0.930. The van der Waals surface area contributed by atoms with Gasteiger partial charge in [-0.2, -0.15) is 0 Å². The molecule has 3 N–H and O–H groups in total. The van der Waals surface area contributed by atoms with Gasteiger partial charge in [-0.25, -0.2) is 0 Å². The highest BCUT2D eigenvalue weighted by atomic mass is 79.9. The molecule has 2 aromatic rings. The molecule has 0 aliphatic rings. The van der Waals surface area contributed by atoms with E-state index in [-0.39, 0.29) is 11.5 Å². The van der Waals surface area contributed by atoms with Gasteiger partial charge in [0, 0.05) is 29.5 Å². The first kappa shape index (κ1) is 15.2. The molecule has 0 fully saturated rings. The molecule has 4 nitrogen and oxygen atoms in total. The van der Waals surface area contributed by atoms with Crippen molar-refractivity contribution >= 4 is 32.7 Å². The molecule has 0 radical (unpaired) electrons. The second-order valence-corrected chi connectivity index (χ2v) is 7.20. The van der Waals surface area contributed by atoms with Gasteiger partial charge in [0.05, 0.1) is 11.2 Å². The largest absolute Gasteiger partial charge is 0.382 e. The fourth-order valence-electron chi connectivity index (χ4n) is 2.25. The molecule has 0 amide bonds. The predicted molar refractivity (Wildman–Crippen MR) is 87.8 cm³/mol. The number of nitrogens with one attached hydrogen (secondary N) is 1. The van der Waals surface area contributed by atoms with Crippen molar-refractivity contribution in [2.45, 2.75) is 33.2 Å². The van der Waals surface area contributed by atoms with Crippen molar-refractivity contribution in [2.75, 3.05) is 11.9 Å². The Hall–Kier alpha value is -1.20. The van der Waals surface area contributed by atoms with E-state index in [1.54, 1.807) is 12.4 Å². The van der Waals surface area contributed by atoms with Gasteiger partial charge in [0.2, 0.25) is 0 Å². The maximum Gasteiger partial charge on any atom is 0.112 e. The first-order valence-electron chi connectivity index (χ1n) is 6.75. The minimum Gasteiger partial charge on any atom is -0.382 e. The zero-order chi connectivity index (χ0) is 14.8. The fraction of sp³-hybridized carbons (Fsp3) is 0.467. The molecule has 0 bridgehead atoms. The first-order chi connectivity index (χ1) is 9.35. The third-order valence-electron chi connectivity index (χ3n) is 2.97. The molecule has 0 aliphatic carbocycles. The second kappa shape index (κ2) is 6.06. The molecule has 0 saturated heterocycles. The van der Waals surface area contributed by atoms with Crippen molar-refractivity contribution in [3.8, 4) is 0 Å². The Morgan fingerprint density at radius 3 is 2.80 bits per heavy atom. The van der Waals surface area contributed by atoms with E-state index in [0.29, 0.717) is 0 Å². The van der Waals surface area contributed by atoms with Crippen molar-refractivity contribution in [1.29, 1.82) is 0 Å². The van der Waals surface area contributed by atoms with E-state index in [9.17, 15) is 0 Å². The zero-order valence-electron chi connectivity index (χ0n) is 12.2. The lowest BCUT2D eigenvalue weighted by Gasteiger charge is -2.23.